The Bertz CT molecular complexity index is 701. The number of halogens is 1. The summed E-state index contributed by atoms with van der Waals surface area (Å²) in [5, 5.41) is 3.23. The molecule has 1 aromatic rings. The maximum atomic E-state index is 12.3. The molecule has 2 aliphatic rings. The summed E-state index contributed by atoms with van der Waals surface area (Å²) in [5.74, 6) is 0.214. The molecule has 1 atom stereocenters. The molecule has 1 fully saturated rings. The van der Waals surface area contributed by atoms with E-state index in [1.807, 2.05) is 20.8 Å². The molecule has 25 heavy (non-hydrogen) atoms. The molecular weight excluding hydrogens is 392 g/mol. The number of hydrogen-bond donors (Lipinski definition) is 1. The first-order valence-corrected chi connectivity index (χ1v) is 8.90. The van der Waals surface area contributed by atoms with Crippen molar-refractivity contribution in [3.05, 3.63) is 27.7 Å². The van der Waals surface area contributed by atoms with Crippen LogP contribution in [-0.2, 0) is 16.1 Å². The van der Waals surface area contributed by atoms with Crippen LogP contribution < -0.4 is 10.1 Å². The van der Waals surface area contributed by atoms with E-state index < -0.39 is 11.8 Å². The third-order valence-corrected chi connectivity index (χ3v) is 4.46. The van der Waals surface area contributed by atoms with Crippen molar-refractivity contribution in [3.63, 3.8) is 0 Å². The van der Waals surface area contributed by atoms with Crippen LogP contribution in [0.15, 0.2) is 16.6 Å². The molecule has 3 rings (SSSR count). The molecule has 0 aromatic heterocycles. The van der Waals surface area contributed by atoms with Crippen molar-refractivity contribution in [2.45, 2.75) is 39.2 Å². The highest BCUT2D eigenvalue weighted by molar-refractivity contribution is 9.10. The highest BCUT2D eigenvalue weighted by atomic mass is 79.9. The standard InChI is InChI=1S/C17H21BrN2O5/c1-17(2,3)25-16(22)20-7-6-19-13(8-20)24-14-11-9-23-15(21)10(11)4-5-12(14)18/h4-5,13,19H,6-9H2,1-3H3. The SMILES string of the molecule is CC(C)(C)OC(=O)N1CCNC(Oc2c(Br)ccc3c2COC3=O)C1. The van der Waals surface area contributed by atoms with E-state index in [2.05, 4.69) is 21.2 Å². The van der Waals surface area contributed by atoms with Gasteiger partial charge in [0, 0.05) is 18.7 Å². The van der Waals surface area contributed by atoms with Gasteiger partial charge < -0.3 is 19.1 Å². The lowest BCUT2D eigenvalue weighted by Crippen LogP contribution is -2.55. The lowest BCUT2D eigenvalue weighted by Gasteiger charge is -2.35. The minimum atomic E-state index is -0.542. The van der Waals surface area contributed by atoms with Crippen LogP contribution in [0.1, 0.15) is 36.7 Å². The van der Waals surface area contributed by atoms with E-state index in [0.29, 0.717) is 30.9 Å². The molecule has 0 bridgehead atoms. The lowest BCUT2D eigenvalue weighted by molar-refractivity contribution is 0.00443. The van der Waals surface area contributed by atoms with Crippen molar-refractivity contribution in [1.29, 1.82) is 0 Å². The van der Waals surface area contributed by atoms with Crippen molar-refractivity contribution >= 4 is 28.0 Å². The number of cyclic esters (lactones) is 1. The molecule has 7 nitrogen and oxygen atoms in total. The number of ether oxygens (including phenoxy) is 3. The van der Waals surface area contributed by atoms with Gasteiger partial charge in [0.1, 0.15) is 18.0 Å². The van der Waals surface area contributed by atoms with Crippen molar-refractivity contribution in [2.24, 2.45) is 0 Å². The topological polar surface area (TPSA) is 77.1 Å². The zero-order valence-electron chi connectivity index (χ0n) is 14.4. The fourth-order valence-electron chi connectivity index (χ4n) is 2.71. The van der Waals surface area contributed by atoms with Crippen molar-refractivity contribution in [1.82, 2.24) is 10.2 Å². The molecule has 1 unspecified atom stereocenters. The number of hydrogen-bond acceptors (Lipinski definition) is 6. The van der Waals surface area contributed by atoms with E-state index in [4.69, 9.17) is 14.2 Å². The number of rotatable bonds is 2. The number of benzene rings is 1. The molecule has 136 valence electrons. The summed E-state index contributed by atoms with van der Waals surface area (Å²) >= 11 is 3.46. The van der Waals surface area contributed by atoms with Gasteiger partial charge in [-0.05, 0) is 48.8 Å². The van der Waals surface area contributed by atoms with Gasteiger partial charge in [-0.1, -0.05) is 0 Å². The van der Waals surface area contributed by atoms with Gasteiger partial charge >= 0.3 is 12.1 Å². The average molecular weight is 413 g/mol. The minimum Gasteiger partial charge on any atom is -0.472 e. The lowest BCUT2D eigenvalue weighted by atomic mass is 10.1. The zero-order valence-corrected chi connectivity index (χ0v) is 16.0. The van der Waals surface area contributed by atoms with Crippen LogP contribution in [0.5, 0.6) is 5.75 Å². The molecule has 0 saturated carbocycles. The third kappa shape index (κ3) is 4.07. The van der Waals surface area contributed by atoms with Gasteiger partial charge in [-0.15, -0.1) is 0 Å². The van der Waals surface area contributed by atoms with Crippen LogP contribution >= 0.6 is 15.9 Å². The van der Waals surface area contributed by atoms with Gasteiger partial charge in [0.2, 0.25) is 0 Å². The van der Waals surface area contributed by atoms with Gasteiger partial charge in [0.05, 0.1) is 16.6 Å². The number of nitrogens with one attached hydrogen (secondary N) is 1. The van der Waals surface area contributed by atoms with Crippen LogP contribution in [0.2, 0.25) is 0 Å². The monoisotopic (exact) mass is 412 g/mol. The van der Waals surface area contributed by atoms with Gasteiger partial charge in [-0.3, -0.25) is 5.32 Å². The highest BCUT2D eigenvalue weighted by Gasteiger charge is 2.31. The Labute approximate surface area is 154 Å². The van der Waals surface area contributed by atoms with Crippen LogP contribution in [-0.4, -0.2) is 48.4 Å². The molecule has 0 spiro atoms. The molecule has 1 aromatic carbocycles. The average Bonchev–Trinajstić information content (AvgIpc) is 2.90. The molecular formula is C17H21BrN2O5. The Morgan fingerprint density at radius 2 is 2.16 bits per heavy atom. The maximum Gasteiger partial charge on any atom is 0.410 e. The van der Waals surface area contributed by atoms with Crippen LogP contribution in [0.3, 0.4) is 0 Å². The largest absolute Gasteiger partial charge is 0.472 e. The molecule has 1 N–H and O–H groups in total. The number of nitrogens with zero attached hydrogens (tertiary/aromatic N) is 1. The van der Waals surface area contributed by atoms with E-state index in [9.17, 15) is 9.59 Å². The number of amides is 1. The second-order valence-electron chi connectivity index (χ2n) is 6.97. The van der Waals surface area contributed by atoms with Crippen molar-refractivity contribution in [3.8, 4) is 5.75 Å². The fraction of sp³-hybridized carbons (Fsp3) is 0.529. The normalized spacial score (nSPS) is 20.1. The van der Waals surface area contributed by atoms with E-state index in [1.165, 1.54) is 0 Å². The second kappa shape index (κ2) is 6.84. The maximum absolute atomic E-state index is 12.3. The Morgan fingerprint density at radius 1 is 1.40 bits per heavy atom. The van der Waals surface area contributed by atoms with E-state index >= 15 is 0 Å². The molecule has 0 aliphatic carbocycles. The number of fused-ring (bicyclic) bond motifs is 1. The Hall–Kier alpha value is -1.80. The third-order valence-electron chi connectivity index (χ3n) is 3.83. The van der Waals surface area contributed by atoms with E-state index in [1.54, 1.807) is 17.0 Å². The van der Waals surface area contributed by atoms with Gasteiger partial charge in [-0.2, -0.15) is 0 Å². The molecule has 8 heteroatoms. The van der Waals surface area contributed by atoms with Crippen LogP contribution in [0, 0.1) is 0 Å². The summed E-state index contributed by atoms with van der Waals surface area (Å²) in [7, 11) is 0. The quantitative estimate of drug-likeness (QED) is 0.752. The Balaban J connectivity index is 1.72. The predicted molar refractivity (Wildman–Crippen MR) is 93.5 cm³/mol. The fourth-order valence-corrected chi connectivity index (χ4v) is 3.17. The van der Waals surface area contributed by atoms with E-state index in [0.717, 1.165) is 10.0 Å². The number of carbonyl (C=O) groups excluding carboxylic acids is 2. The summed E-state index contributed by atoms with van der Waals surface area (Å²) in [5.41, 5.74) is 0.688. The molecule has 1 saturated heterocycles. The minimum absolute atomic E-state index is 0.186. The first kappa shape index (κ1) is 18.0. The van der Waals surface area contributed by atoms with Crippen molar-refractivity contribution < 1.29 is 23.8 Å². The summed E-state index contributed by atoms with van der Waals surface area (Å²) < 4.78 is 17.3. The molecule has 0 radical (unpaired) electrons. The van der Waals surface area contributed by atoms with Gasteiger partial charge in [-0.25, -0.2) is 9.59 Å². The van der Waals surface area contributed by atoms with Gasteiger partial charge in [0.15, 0.2) is 6.23 Å². The summed E-state index contributed by atoms with van der Waals surface area (Å²) in [6.07, 6.45) is -0.766. The first-order chi connectivity index (χ1) is 11.7. The number of piperazine rings is 1. The number of carbonyl (C=O) groups is 2. The Kier molecular flexibility index (Phi) is 4.92. The van der Waals surface area contributed by atoms with E-state index in [-0.39, 0.29) is 18.7 Å². The zero-order chi connectivity index (χ0) is 18.2. The molecule has 1 amide bonds. The Morgan fingerprint density at radius 3 is 2.88 bits per heavy atom. The predicted octanol–water partition coefficient (Wildman–Crippen LogP) is 2.66. The van der Waals surface area contributed by atoms with Crippen molar-refractivity contribution in [2.75, 3.05) is 19.6 Å². The smallest absolute Gasteiger partial charge is 0.410 e. The number of esters is 1. The summed E-state index contributed by atoms with van der Waals surface area (Å²) in [4.78, 5) is 25.6. The van der Waals surface area contributed by atoms with Crippen LogP contribution in [0.4, 0.5) is 4.79 Å². The summed E-state index contributed by atoms with van der Waals surface area (Å²) in [6.45, 7) is 7.18. The molecule has 2 heterocycles. The second-order valence-corrected chi connectivity index (χ2v) is 7.82. The molecule has 2 aliphatic heterocycles. The first-order valence-electron chi connectivity index (χ1n) is 8.11. The van der Waals surface area contributed by atoms with Gasteiger partial charge in [0.25, 0.3) is 0 Å². The summed E-state index contributed by atoms with van der Waals surface area (Å²) in [6, 6.07) is 3.47. The highest BCUT2D eigenvalue weighted by Crippen LogP contribution is 2.36. The van der Waals surface area contributed by atoms with Crippen LogP contribution in [0.25, 0.3) is 0 Å².